The SMILES string of the molecule is c1ccc(N(c2ccccc2)c2ccc(-c3ccc4ccc5cc6cccnc6c6ccc3c4c56)s2)cc1. The molecule has 178 valence electrons. The van der Waals surface area contributed by atoms with Crippen molar-refractivity contribution in [2.24, 2.45) is 0 Å². The summed E-state index contributed by atoms with van der Waals surface area (Å²) in [6.07, 6.45) is 1.89. The first-order valence-electron chi connectivity index (χ1n) is 12.8. The molecule has 0 aliphatic heterocycles. The third kappa shape index (κ3) is 3.22. The first kappa shape index (κ1) is 21.4. The molecule has 0 aliphatic rings. The van der Waals surface area contributed by atoms with Gasteiger partial charge in [0.15, 0.2) is 0 Å². The molecule has 0 radical (unpaired) electrons. The lowest BCUT2D eigenvalue weighted by atomic mass is 9.90. The van der Waals surface area contributed by atoms with Crippen LogP contribution in [0.3, 0.4) is 0 Å². The molecule has 0 amide bonds. The van der Waals surface area contributed by atoms with Crippen LogP contribution in [0.1, 0.15) is 0 Å². The molecule has 0 N–H and O–H groups in total. The monoisotopic (exact) mass is 502 g/mol. The maximum Gasteiger partial charge on any atom is 0.101 e. The zero-order valence-corrected chi connectivity index (χ0v) is 21.3. The molecule has 6 aromatic carbocycles. The second-order valence-electron chi connectivity index (χ2n) is 9.63. The molecule has 0 bridgehead atoms. The highest BCUT2D eigenvalue weighted by atomic mass is 32.1. The van der Waals surface area contributed by atoms with Gasteiger partial charge in [0.25, 0.3) is 0 Å². The number of anilines is 3. The lowest BCUT2D eigenvalue weighted by Gasteiger charge is -2.23. The molecule has 8 rings (SSSR count). The van der Waals surface area contributed by atoms with Crippen LogP contribution in [0, 0.1) is 0 Å². The lowest BCUT2D eigenvalue weighted by molar-refractivity contribution is 1.32. The minimum Gasteiger partial charge on any atom is -0.302 e. The predicted octanol–water partition coefficient (Wildman–Crippen LogP) is 10.3. The minimum atomic E-state index is 1.07. The van der Waals surface area contributed by atoms with Gasteiger partial charge in [0, 0.05) is 33.2 Å². The van der Waals surface area contributed by atoms with Crippen LogP contribution in [0.15, 0.2) is 134 Å². The van der Waals surface area contributed by atoms with Gasteiger partial charge in [0.2, 0.25) is 0 Å². The number of hydrogen-bond donors (Lipinski definition) is 0. The Morgan fingerprint density at radius 3 is 2.00 bits per heavy atom. The fourth-order valence-electron chi connectivity index (χ4n) is 5.78. The van der Waals surface area contributed by atoms with E-state index in [9.17, 15) is 0 Å². The van der Waals surface area contributed by atoms with Gasteiger partial charge in [-0.15, -0.1) is 11.3 Å². The van der Waals surface area contributed by atoms with Crippen LogP contribution in [0.2, 0.25) is 0 Å². The number of nitrogens with zero attached hydrogens (tertiary/aromatic N) is 2. The number of para-hydroxylation sites is 2. The number of benzene rings is 6. The molecular formula is C35H22N2S. The Bertz CT molecular complexity index is 2040. The molecule has 0 aliphatic carbocycles. The van der Waals surface area contributed by atoms with Crippen LogP contribution in [-0.2, 0) is 0 Å². The lowest BCUT2D eigenvalue weighted by Crippen LogP contribution is -2.07. The van der Waals surface area contributed by atoms with Crippen LogP contribution < -0.4 is 4.90 Å². The third-order valence-corrected chi connectivity index (χ3v) is 8.56. The summed E-state index contributed by atoms with van der Waals surface area (Å²) in [5.74, 6) is 0. The average Bonchev–Trinajstić information content (AvgIpc) is 3.46. The van der Waals surface area contributed by atoms with Gasteiger partial charge in [-0.05, 0) is 81.0 Å². The number of thiophene rings is 1. The topological polar surface area (TPSA) is 16.1 Å². The van der Waals surface area contributed by atoms with Crippen molar-refractivity contribution in [1.29, 1.82) is 0 Å². The van der Waals surface area contributed by atoms with E-state index in [4.69, 9.17) is 4.98 Å². The highest BCUT2D eigenvalue weighted by molar-refractivity contribution is 7.19. The summed E-state index contributed by atoms with van der Waals surface area (Å²) in [6, 6.07) is 45.7. The molecule has 3 heteroatoms. The van der Waals surface area contributed by atoms with Crippen LogP contribution in [0.4, 0.5) is 16.4 Å². The number of pyridine rings is 1. The van der Waals surface area contributed by atoms with Crippen molar-refractivity contribution in [3.8, 4) is 10.4 Å². The molecule has 2 heterocycles. The standard InChI is InChI=1S/C35H22N2S/c1-3-9-26(10-4-1)37(27-11-5-2-6-12-27)32-20-19-31(38-32)28-16-15-23-13-14-24-22-25-8-7-21-36-35(25)30-18-17-29(28)33(23)34(24)30/h1-22H. The summed E-state index contributed by atoms with van der Waals surface area (Å²) in [5, 5.41) is 10.0. The molecule has 0 saturated carbocycles. The fourth-order valence-corrected chi connectivity index (χ4v) is 6.87. The van der Waals surface area contributed by atoms with Gasteiger partial charge in [0.1, 0.15) is 5.00 Å². The summed E-state index contributed by atoms with van der Waals surface area (Å²) in [4.78, 5) is 8.34. The molecule has 38 heavy (non-hydrogen) atoms. The van der Waals surface area contributed by atoms with E-state index in [0.717, 1.165) is 16.9 Å². The first-order chi connectivity index (χ1) is 18.8. The van der Waals surface area contributed by atoms with Crippen LogP contribution in [-0.4, -0.2) is 4.98 Å². The van der Waals surface area contributed by atoms with Gasteiger partial charge in [-0.25, -0.2) is 0 Å². The predicted molar refractivity (Wildman–Crippen MR) is 163 cm³/mol. The average molecular weight is 503 g/mol. The highest BCUT2D eigenvalue weighted by Crippen LogP contribution is 2.46. The quantitative estimate of drug-likeness (QED) is 0.176. The molecule has 0 saturated heterocycles. The van der Waals surface area contributed by atoms with Crippen molar-refractivity contribution in [2.75, 3.05) is 4.90 Å². The smallest absolute Gasteiger partial charge is 0.101 e. The van der Waals surface area contributed by atoms with E-state index in [2.05, 4.69) is 126 Å². The van der Waals surface area contributed by atoms with Gasteiger partial charge in [-0.2, -0.15) is 0 Å². The highest BCUT2D eigenvalue weighted by Gasteiger charge is 2.18. The van der Waals surface area contributed by atoms with Gasteiger partial charge in [0.05, 0.1) is 5.52 Å². The van der Waals surface area contributed by atoms with Crippen molar-refractivity contribution in [2.45, 2.75) is 0 Å². The molecular weight excluding hydrogens is 480 g/mol. The molecule has 0 atom stereocenters. The maximum atomic E-state index is 4.74. The van der Waals surface area contributed by atoms with Crippen molar-refractivity contribution >= 4 is 70.9 Å². The molecule has 0 unspecified atom stereocenters. The van der Waals surface area contributed by atoms with Gasteiger partial charge in [-0.3, -0.25) is 4.98 Å². The van der Waals surface area contributed by atoms with E-state index < -0.39 is 0 Å². The zero-order valence-electron chi connectivity index (χ0n) is 20.5. The van der Waals surface area contributed by atoms with Crippen LogP contribution in [0.5, 0.6) is 0 Å². The normalized spacial score (nSPS) is 11.7. The second-order valence-corrected chi connectivity index (χ2v) is 10.7. The van der Waals surface area contributed by atoms with Crippen LogP contribution in [0.25, 0.3) is 53.7 Å². The summed E-state index contributed by atoms with van der Waals surface area (Å²) in [5.41, 5.74) is 4.65. The van der Waals surface area contributed by atoms with E-state index in [-0.39, 0.29) is 0 Å². The summed E-state index contributed by atoms with van der Waals surface area (Å²) in [6.45, 7) is 0. The fraction of sp³-hybridized carbons (Fsp3) is 0. The Kier molecular flexibility index (Phi) is 4.73. The third-order valence-electron chi connectivity index (χ3n) is 7.46. The van der Waals surface area contributed by atoms with Crippen molar-refractivity contribution in [3.63, 3.8) is 0 Å². The van der Waals surface area contributed by atoms with E-state index in [1.165, 1.54) is 53.1 Å². The summed E-state index contributed by atoms with van der Waals surface area (Å²) < 4.78 is 0. The largest absolute Gasteiger partial charge is 0.302 e. The Balaban J connectivity index is 1.34. The van der Waals surface area contributed by atoms with Crippen molar-refractivity contribution < 1.29 is 0 Å². The number of fused-ring (bicyclic) bond motifs is 2. The van der Waals surface area contributed by atoms with Gasteiger partial charge < -0.3 is 4.90 Å². The van der Waals surface area contributed by atoms with E-state index in [1.807, 2.05) is 23.6 Å². The van der Waals surface area contributed by atoms with Crippen molar-refractivity contribution in [3.05, 3.63) is 134 Å². The molecule has 2 nitrogen and oxygen atoms in total. The van der Waals surface area contributed by atoms with Crippen LogP contribution >= 0.6 is 11.3 Å². The molecule has 0 spiro atoms. The molecule has 8 aromatic rings. The van der Waals surface area contributed by atoms with Gasteiger partial charge in [-0.1, -0.05) is 78.9 Å². The maximum absolute atomic E-state index is 4.74. The summed E-state index contributed by atoms with van der Waals surface area (Å²) in [7, 11) is 0. The Morgan fingerprint density at radius 2 is 1.21 bits per heavy atom. The minimum absolute atomic E-state index is 1.07. The van der Waals surface area contributed by atoms with Crippen molar-refractivity contribution in [1.82, 2.24) is 4.98 Å². The molecule has 2 aromatic heterocycles. The Morgan fingerprint density at radius 1 is 0.526 bits per heavy atom. The Hall–Kier alpha value is -4.73. The van der Waals surface area contributed by atoms with Gasteiger partial charge >= 0.3 is 0 Å². The number of rotatable bonds is 4. The number of aromatic nitrogens is 1. The first-order valence-corrected chi connectivity index (χ1v) is 13.6. The van der Waals surface area contributed by atoms with E-state index in [1.54, 1.807) is 0 Å². The summed E-state index contributed by atoms with van der Waals surface area (Å²) >= 11 is 1.83. The van der Waals surface area contributed by atoms with E-state index in [0.29, 0.717) is 0 Å². The molecule has 0 fully saturated rings. The Labute approximate surface area is 224 Å². The second kappa shape index (κ2) is 8.41. The van der Waals surface area contributed by atoms with E-state index >= 15 is 0 Å². The zero-order chi connectivity index (χ0) is 25.1. The number of hydrogen-bond acceptors (Lipinski definition) is 3.